The van der Waals surface area contributed by atoms with Crippen LogP contribution in [0.3, 0.4) is 0 Å². The average molecular weight is 342 g/mol. The van der Waals surface area contributed by atoms with Gasteiger partial charge in [0.25, 0.3) is 0 Å². The van der Waals surface area contributed by atoms with Crippen molar-refractivity contribution in [1.82, 2.24) is 4.98 Å². The zero-order valence-corrected chi connectivity index (χ0v) is 13.6. The maximum absolute atomic E-state index is 11.6. The van der Waals surface area contributed by atoms with Gasteiger partial charge in [-0.1, -0.05) is 29.3 Å². The Bertz CT molecular complexity index is 667. The van der Waals surface area contributed by atoms with Crippen LogP contribution >= 0.6 is 34.5 Å². The summed E-state index contributed by atoms with van der Waals surface area (Å²) < 4.78 is 5.14. The van der Waals surface area contributed by atoms with Crippen molar-refractivity contribution < 1.29 is 9.53 Å². The van der Waals surface area contributed by atoms with E-state index in [-0.39, 0.29) is 0 Å². The second-order valence-corrected chi connectivity index (χ2v) is 6.06. The molecule has 0 bridgehead atoms. The average Bonchev–Trinajstić information content (AvgIpc) is 2.83. The Hall–Kier alpha value is -1.36. The van der Waals surface area contributed by atoms with Crippen molar-refractivity contribution in [2.45, 2.75) is 13.3 Å². The molecule has 0 radical (unpaired) electrons. The van der Waals surface area contributed by atoms with Gasteiger partial charge in [0.2, 0.25) is 0 Å². The highest BCUT2D eigenvalue weighted by atomic mass is 35.5. The molecule has 0 aliphatic carbocycles. The minimum absolute atomic E-state index is 0.334. The molecular weight excluding hydrogens is 329 g/mol. The van der Waals surface area contributed by atoms with Crippen LogP contribution in [0.4, 0.5) is 0 Å². The SMILES string of the molecule is Cc1ncsc1CCOC(=O)/C=C/c1ccc(Cl)cc1Cl. The van der Waals surface area contributed by atoms with Crippen LogP contribution in [0.5, 0.6) is 0 Å². The molecule has 0 aliphatic rings. The second kappa shape index (κ2) is 7.59. The quantitative estimate of drug-likeness (QED) is 0.591. The summed E-state index contributed by atoms with van der Waals surface area (Å²) in [7, 11) is 0. The van der Waals surface area contributed by atoms with Gasteiger partial charge in [-0.25, -0.2) is 9.78 Å². The molecular formula is C15H13Cl2NO2S. The number of aryl methyl sites for hydroxylation is 1. The second-order valence-electron chi connectivity index (χ2n) is 4.28. The lowest BCUT2D eigenvalue weighted by Crippen LogP contribution is -2.04. The highest BCUT2D eigenvalue weighted by Crippen LogP contribution is 2.22. The molecule has 0 unspecified atom stereocenters. The van der Waals surface area contributed by atoms with Crippen LogP contribution in [0.1, 0.15) is 16.1 Å². The predicted molar refractivity (Wildman–Crippen MR) is 87.0 cm³/mol. The number of halogens is 2. The summed E-state index contributed by atoms with van der Waals surface area (Å²) in [6.07, 6.45) is 3.64. The number of hydrogen-bond donors (Lipinski definition) is 0. The molecule has 2 aromatic rings. The largest absolute Gasteiger partial charge is 0.462 e. The molecule has 3 nitrogen and oxygen atoms in total. The van der Waals surface area contributed by atoms with E-state index >= 15 is 0 Å². The zero-order chi connectivity index (χ0) is 15.2. The Morgan fingerprint density at radius 3 is 2.90 bits per heavy atom. The predicted octanol–water partition coefficient (Wildman–Crippen LogP) is 4.56. The number of ether oxygens (including phenoxy) is 1. The highest BCUT2D eigenvalue weighted by Gasteiger charge is 2.04. The number of carbonyl (C=O) groups excluding carboxylic acids is 1. The van der Waals surface area contributed by atoms with Gasteiger partial charge in [0.05, 0.1) is 17.8 Å². The number of thiazole rings is 1. The lowest BCUT2D eigenvalue weighted by molar-refractivity contribution is -0.137. The van der Waals surface area contributed by atoms with Crippen LogP contribution in [-0.4, -0.2) is 17.6 Å². The monoisotopic (exact) mass is 341 g/mol. The fraction of sp³-hybridized carbons (Fsp3) is 0.200. The van der Waals surface area contributed by atoms with Gasteiger partial charge in [-0.3, -0.25) is 0 Å². The van der Waals surface area contributed by atoms with E-state index < -0.39 is 5.97 Å². The lowest BCUT2D eigenvalue weighted by Gasteiger charge is -2.01. The third-order valence-electron chi connectivity index (χ3n) is 2.78. The minimum atomic E-state index is -0.400. The third kappa shape index (κ3) is 4.84. The van der Waals surface area contributed by atoms with E-state index in [1.165, 1.54) is 6.08 Å². The number of rotatable bonds is 5. The summed E-state index contributed by atoms with van der Waals surface area (Å²) in [5, 5.41) is 1.05. The molecule has 0 saturated carbocycles. The summed E-state index contributed by atoms with van der Waals surface area (Å²) >= 11 is 13.4. The van der Waals surface area contributed by atoms with E-state index in [0.717, 1.165) is 16.1 Å². The summed E-state index contributed by atoms with van der Waals surface area (Å²) in [4.78, 5) is 16.9. The lowest BCUT2D eigenvalue weighted by atomic mass is 10.2. The number of benzene rings is 1. The van der Waals surface area contributed by atoms with Crippen LogP contribution in [-0.2, 0) is 16.0 Å². The van der Waals surface area contributed by atoms with Crippen LogP contribution in [0.15, 0.2) is 29.8 Å². The summed E-state index contributed by atoms with van der Waals surface area (Å²) in [5.74, 6) is -0.400. The van der Waals surface area contributed by atoms with Crippen molar-refractivity contribution in [2.24, 2.45) is 0 Å². The molecule has 21 heavy (non-hydrogen) atoms. The van der Waals surface area contributed by atoms with Gasteiger partial charge in [0.1, 0.15) is 0 Å². The van der Waals surface area contributed by atoms with Crippen molar-refractivity contribution >= 4 is 46.6 Å². The molecule has 110 valence electrons. The Kier molecular flexibility index (Phi) is 5.79. The molecule has 1 aromatic carbocycles. The Morgan fingerprint density at radius 2 is 2.24 bits per heavy atom. The maximum atomic E-state index is 11.6. The molecule has 0 N–H and O–H groups in total. The van der Waals surface area contributed by atoms with Crippen molar-refractivity contribution in [3.8, 4) is 0 Å². The molecule has 1 heterocycles. The molecule has 2 rings (SSSR count). The molecule has 0 aliphatic heterocycles. The molecule has 0 fully saturated rings. The van der Waals surface area contributed by atoms with Gasteiger partial charge < -0.3 is 4.74 Å². The van der Waals surface area contributed by atoms with Crippen molar-refractivity contribution in [1.29, 1.82) is 0 Å². The van der Waals surface area contributed by atoms with Crippen LogP contribution < -0.4 is 0 Å². The van der Waals surface area contributed by atoms with Gasteiger partial charge in [-0.15, -0.1) is 11.3 Å². The molecule has 0 amide bonds. The zero-order valence-electron chi connectivity index (χ0n) is 11.3. The Morgan fingerprint density at radius 1 is 1.43 bits per heavy atom. The van der Waals surface area contributed by atoms with Crippen LogP contribution in [0, 0.1) is 6.92 Å². The van der Waals surface area contributed by atoms with E-state index in [9.17, 15) is 4.79 Å². The highest BCUT2D eigenvalue weighted by molar-refractivity contribution is 7.09. The summed E-state index contributed by atoms with van der Waals surface area (Å²) in [5.41, 5.74) is 3.49. The summed E-state index contributed by atoms with van der Waals surface area (Å²) in [6, 6.07) is 5.08. The topological polar surface area (TPSA) is 39.2 Å². The van der Waals surface area contributed by atoms with E-state index in [2.05, 4.69) is 4.98 Å². The van der Waals surface area contributed by atoms with Crippen molar-refractivity contribution in [3.63, 3.8) is 0 Å². The first kappa shape index (κ1) is 16.0. The third-order valence-corrected chi connectivity index (χ3v) is 4.34. The number of hydrogen-bond acceptors (Lipinski definition) is 4. The van der Waals surface area contributed by atoms with E-state index in [0.29, 0.717) is 23.1 Å². The van der Waals surface area contributed by atoms with E-state index in [4.69, 9.17) is 27.9 Å². The molecule has 1 aromatic heterocycles. The van der Waals surface area contributed by atoms with Crippen LogP contribution in [0.25, 0.3) is 6.08 Å². The standard InChI is InChI=1S/C15H13Cl2NO2S/c1-10-14(21-9-18-10)6-7-20-15(19)5-3-11-2-4-12(16)8-13(11)17/h2-5,8-9H,6-7H2,1H3/b5-3+. The van der Waals surface area contributed by atoms with Crippen molar-refractivity contribution in [2.75, 3.05) is 6.61 Å². The number of nitrogens with zero attached hydrogens (tertiary/aromatic N) is 1. The number of esters is 1. The smallest absolute Gasteiger partial charge is 0.330 e. The normalized spacial score (nSPS) is 11.0. The first-order valence-corrected chi connectivity index (χ1v) is 7.88. The van der Waals surface area contributed by atoms with E-state index in [1.807, 2.05) is 6.92 Å². The number of aromatic nitrogens is 1. The first-order chi connectivity index (χ1) is 10.1. The first-order valence-electron chi connectivity index (χ1n) is 6.25. The van der Waals surface area contributed by atoms with Gasteiger partial charge in [0.15, 0.2) is 0 Å². The minimum Gasteiger partial charge on any atom is -0.462 e. The fourth-order valence-corrected chi connectivity index (χ4v) is 2.89. The Labute approximate surface area is 137 Å². The fourth-order valence-electron chi connectivity index (χ4n) is 1.65. The van der Waals surface area contributed by atoms with Gasteiger partial charge in [-0.05, 0) is 30.7 Å². The molecule has 0 atom stereocenters. The molecule has 0 saturated heterocycles. The molecule has 0 spiro atoms. The van der Waals surface area contributed by atoms with Crippen molar-refractivity contribution in [3.05, 3.63) is 56.0 Å². The van der Waals surface area contributed by atoms with Gasteiger partial charge in [-0.2, -0.15) is 0 Å². The van der Waals surface area contributed by atoms with Crippen LogP contribution in [0.2, 0.25) is 10.0 Å². The van der Waals surface area contributed by atoms with E-state index in [1.54, 1.807) is 41.1 Å². The molecule has 6 heteroatoms. The number of carbonyl (C=O) groups is 1. The van der Waals surface area contributed by atoms with Gasteiger partial charge >= 0.3 is 5.97 Å². The Balaban J connectivity index is 1.84. The van der Waals surface area contributed by atoms with Gasteiger partial charge in [0, 0.05) is 27.4 Å². The summed E-state index contributed by atoms with van der Waals surface area (Å²) in [6.45, 7) is 2.27. The maximum Gasteiger partial charge on any atom is 0.330 e.